The van der Waals surface area contributed by atoms with Gasteiger partial charge in [0, 0.05) is 38.8 Å². The smallest absolute Gasteiger partial charge is 0.239 e. The highest BCUT2D eigenvalue weighted by molar-refractivity contribution is 6.33. The molecule has 1 unspecified atom stereocenters. The predicted molar refractivity (Wildman–Crippen MR) is 112 cm³/mol. The van der Waals surface area contributed by atoms with Gasteiger partial charge in [0.2, 0.25) is 11.8 Å². The average Bonchev–Trinajstić information content (AvgIpc) is 3.10. The van der Waals surface area contributed by atoms with Crippen LogP contribution in [0.5, 0.6) is 0 Å². The Bertz CT molecular complexity index is 641. The molecule has 0 aliphatic carbocycles. The van der Waals surface area contributed by atoms with Crippen LogP contribution in [0.3, 0.4) is 0 Å². The Balaban J connectivity index is 0.00000182. The van der Waals surface area contributed by atoms with Crippen molar-refractivity contribution in [2.75, 3.05) is 44.2 Å². The number of para-hydroxylation sites is 1. The molecule has 0 aromatic heterocycles. The summed E-state index contributed by atoms with van der Waals surface area (Å²) >= 11 is 6.25. The molecule has 0 spiro atoms. The van der Waals surface area contributed by atoms with Gasteiger partial charge in [0.05, 0.1) is 23.3 Å². The third-order valence-corrected chi connectivity index (χ3v) is 5.08. The van der Waals surface area contributed by atoms with Crippen molar-refractivity contribution in [1.29, 1.82) is 0 Å². The van der Waals surface area contributed by atoms with E-state index >= 15 is 0 Å². The highest BCUT2D eigenvalue weighted by atomic mass is 35.5. The monoisotopic (exact) mass is 437 g/mol. The minimum Gasteiger partial charge on any atom is -0.367 e. The lowest BCUT2D eigenvalue weighted by molar-refractivity contribution is -0.133. The van der Waals surface area contributed by atoms with Crippen LogP contribution in [0.25, 0.3) is 0 Å². The second-order valence-electron chi connectivity index (χ2n) is 6.43. The zero-order chi connectivity index (χ0) is 17.8. The van der Waals surface area contributed by atoms with E-state index in [0.29, 0.717) is 26.1 Å². The molecule has 2 saturated heterocycles. The van der Waals surface area contributed by atoms with Crippen LogP contribution in [0.2, 0.25) is 5.02 Å². The van der Waals surface area contributed by atoms with Crippen molar-refractivity contribution in [2.24, 2.45) is 5.73 Å². The largest absolute Gasteiger partial charge is 0.367 e. The van der Waals surface area contributed by atoms with Crippen LogP contribution >= 0.6 is 36.4 Å². The lowest BCUT2D eigenvalue weighted by atomic mass is 10.1. The maximum Gasteiger partial charge on any atom is 0.239 e. The standard InChI is InChI=1S/C17H24ClN5O2.2ClH/c18-13-3-1-2-4-15(13)22-5-7-23(8-6-22)17(25)14-9-12(11-20-14)21-16(24)10-19;;/h1-4,12,14,20H,5-11,19H2,(H,21,24);2*1H/t12?,14-;;/m1../s1. The fourth-order valence-corrected chi connectivity index (χ4v) is 3.67. The number of piperazine rings is 1. The van der Waals surface area contributed by atoms with Gasteiger partial charge in [-0.2, -0.15) is 0 Å². The molecule has 2 heterocycles. The summed E-state index contributed by atoms with van der Waals surface area (Å²) in [6.45, 7) is 3.43. The van der Waals surface area contributed by atoms with Crippen LogP contribution in [0.4, 0.5) is 5.69 Å². The summed E-state index contributed by atoms with van der Waals surface area (Å²) in [6, 6.07) is 7.49. The highest BCUT2D eigenvalue weighted by Gasteiger charge is 2.34. The van der Waals surface area contributed by atoms with Crippen molar-refractivity contribution in [3.05, 3.63) is 29.3 Å². The summed E-state index contributed by atoms with van der Waals surface area (Å²) in [7, 11) is 0. The van der Waals surface area contributed by atoms with Gasteiger partial charge in [0.1, 0.15) is 0 Å². The molecule has 2 atom stereocenters. The highest BCUT2D eigenvalue weighted by Crippen LogP contribution is 2.26. The van der Waals surface area contributed by atoms with Gasteiger partial charge in [-0.1, -0.05) is 23.7 Å². The van der Waals surface area contributed by atoms with Crippen molar-refractivity contribution in [3.63, 3.8) is 0 Å². The van der Waals surface area contributed by atoms with E-state index in [0.717, 1.165) is 23.8 Å². The fraction of sp³-hybridized carbons (Fsp3) is 0.529. The second-order valence-corrected chi connectivity index (χ2v) is 6.84. The SMILES string of the molecule is Cl.Cl.NCC(=O)NC1CN[C@@H](C(=O)N2CCN(c3ccccc3Cl)CC2)C1. The molecular weight excluding hydrogens is 413 g/mol. The number of hydrogen-bond donors (Lipinski definition) is 3. The van der Waals surface area contributed by atoms with E-state index in [1.54, 1.807) is 0 Å². The number of carbonyl (C=O) groups excluding carboxylic acids is 2. The minimum absolute atomic E-state index is 0. The molecule has 2 aliphatic heterocycles. The van der Waals surface area contributed by atoms with Gasteiger partial charge >= 0.3 is 0 Å². The molecule has 2 fully saturated rings. The lowest BCUT2D eigenvalue weighted by Gasteiger charge is -2.37. The Morgan fingerprint density at radius 2 is 1.85 bits per heavy atom. The molecule has 3 rings (SSSR count). The van der Waals surface area contributed by atoms with Crippen LogP contribution in [0, 0.1) is 0 Å². The van der Waals surface area contributed by atoms with Gasteiger partial charge in [0.15, 0.2) is 0 Å². The first-order valence-corrected chi connectivity index (χ1v) is 8.97. The summed E-state index contributed by atoms with van der Waals surface area (Å²) in [5.74, 6) is -0.0865. The van der Waals surface area contributed by atoms with E-state index < -0.39 is 0 Å². The molecule has 2 aliphatic rings. The average molecular weight is 439 g/mol. The van der Waals surface area contributed by atoms with E-state index in [-0.39, 0.29) is 55.3 Å². The zero-order valence-electron chi connectivity index (χ0n) is 14.9. The van der Waals surface area contributed by atoms with Gasteiger partial charge in [-0.15, -0.1) is 24.8 Å². The molecule has 7 nitrogen and oxygen atoms in total. The Morgan fingerprint density at radius 3 is 2.48 bits per heavy atom. The molecule has 1 aromatic rings. The molecule has 0 bridgehead atoms. The Hall–Kier alpha value is -1.25. The van der Waals surface area contributed by atoms with E-state index in [1.807, 2.05) is 29.2 Å². The number of halogens is 3. The van der Waals surface area contributed by atoms with Gasteiger partial charge in [-0.05, 0) is 18.6 Å². The molecule has 4 N–H and O–H groups in total. The summed E-state index contributed by atoms with van der Waals surface area (Å²) in [5, 5.41) is 6.77. The maximum atomic E-state index is 12.7. The molecular formula is C17H26Cl3N5O2. The molecule has 1 aromatic carbocycles. The van der Waals surface area contributed by atoms with Crippen LogP contribution in [0.1, 0.15) is 6.42 Å². The van der Waals surface area contributed by atoms with Gasteiger partial charge in [-0.25, -0.2) is 0 Å². The normalized spacial score (nSPS) is 21.9. The van der Waals surface area contributed by atoms with E-state index in [4.69, 9.17) is 17.3 Å². The van der Waals surface area contributed by atoms with Crippen molar-refractivity contribution < 1.29 is 9.59 Å². The van der Waals surface area contributed by atoms with Crippen molar-refractivity contribution in [2.45, 2.75) is 18.5 Å². The first-order valence-electron chi connectivity index (χ1n) is 8.59. The number of nitrogens with two attached hydrogens (primary N) is 1. The summed E-state index contributed by atoms with van der Waals surface area (Å²) < 4.78 is 0. The Morgan fingerprint density at radius 1 is 1.19 bits per heavy atom. The molecule has 152 valence electrons. The van der Waals surface area contributed by atoms with E-state index in [9.17, 15) is 9.59 Å². The van der Waals surface area contributed by atoms with Crippen molar-refractivity contribution >= 4 is 53.9 Å². The zero-order valence-corrected chi connectivity index (χ0v) is 17.3. The maximum absolute atomic E-state index is 12.7. The first kappa shape index (κ1) is 23.8. The van der Waals surface area contributed by atoms with Crippen LogP contribution in [-0.4, -0.2) is 68.1 Å². The summed E-state index contributed by atoms with van der Waals surface area (Å²) in [6.07, 6.45) is 0.606. The number of anilines is 1. The fourth-order valence-electron chi connectivity index (χ4n) is 3.42. The molecule has 0 saturated carbocycles. The van der Waals surface area contributed by atoms with Crippen molar-refractivity contribution in [3.8, 4) is 0 Å². The summed E-state index contributed by atoms with van der Waals surface area (Å²) in [4.78, 5) is 28.2. The van der Waals surface area contributed by atoms with Crippen LogP contribution in [0.15, 0.2) is 24.3 Å². The molecule has 0 radical (unpaired) electrons. The minimum atomic E-state index is -0.241. The van der Waals surface area contributed by atoms with Gasteiger partial charge in [-0.3, -0.25) is 9.59 Å². The Labute approximate surface area is 176 Å². The van der Waals surface area contributed by atoms with Crippen LogP contribution in [-0.2, 0) is 9.59 Å². The number of hydrogen-bond acceptors (Lipinski definition) is 5. The molecule has 2 amide bonds. The van der Waals surface area contributed by atoms with Gasteiger partial charge < -0.3 is 26.2 Å². The number of nitrogens with zero attached hydrogens (tertiary/aromatic N) is 2. The topological polar surface area (TPSA) is 90.7 Å². The predicted octanol–water partition coefficient (Wildman–Crippen LogP) is 0.638. The summed E-state index contributed by atoms with van der Waals surface area (Å²) in [5.41, 5.74) is 6.33. The van der Waals surface area contributed by atoms with Gasteiger partial charge in [0.25, 0.3) is 0 Å². The van der Waals surface area contributed by atoms with E-state index in [2.05, 4.69) is 15.5 Å². The molecule has 10 heteroatoms. The number of rotatable bonds is 4. The Kier molecular flexibility index (Phi) is 9.62. The number of nitrogens with one attached hydrogen (secondary N) is 2. The van der Waals surface area contributed by atoms with Crippen LogP contribution < -0.4 is 21.3 Å². The lowest BCUT2D eigenvalue weighted by Crippen LogP contribution is -2.53. The van der Waals surface area contributed by atoms with Crippen molar-refractivity contribution in [1.82, 2.24) is 15.5 Å². The number of benzene rings is 1. The number of carbonyl (C=O) groups is 2. The molecule has 27 heavy (non-hydrogen) atoms. The second kappa shape index (κ2) is 10.9. The van der Waals surface area contributed by atoms with E-state index in [1.165, 1.54) is 0 Å². The third-order valence-electron chi connectivity index (χ3n) is 4.76. The first-order chi connectivity index (χ1) is 12.1. The third kappa shape index (κ3) is 5.86. The number of amides is 2. The quantitative estimate of drug-likeness (QED) is 0.642.